The van der Waals surface area contributed by atoms with Gasteiger partial charge in [-0.05, 0) is 37.5 Å². The Hall–Kier alpha value is -1.60. The van der Waals surface area contributed by atoms with Crippen molar-refractivity contribution < 1.29 is 17.9 Å². The van der Waals surface area contributed by atoms with Gasteiger partial charge in [0.1, 0.15) is 0 Å². The average Bonchev–Trinajstić information content (AvgIpc) is 2.90. The fourth-order valence-electron chi connectivity index (χ4n) is 2.30. The van der Waals surface area contributed by atoms with Gasteiger partial charge in [-0.15, -0.1) is 0 Å². The van der Waals surface area contributed by atoms with E-state index in [1.807, 2.05) is 0 Å². The molecule has 1 aliphatic heterocycles. The Labute approximate surface area is 124 Å². The van der Waals surface area contributed by atoms with E-state index in [-0.39, 0.29) is 12.0 Å². The molecule has 0 radical (unpaired) electrons. The van der Waals surface area contributed by atoms with Gasteiger partial charge in [0.15, 0.2) is 0 Å². The zero-order chi connectivity index (χ0) is 15.5. The van der Waals surface area contributed by atoms with Gasteiger partial charge in [-0.1, -0.05) is 6.07 Å². The molecule has 21 heavy (non-hydrogen) atoms. The molecule has 1 saturated heterocycles. The summed E-state index contributed by atoms with van der Waals surface area (Å²) in [4.78, 5) is 12.2. The number of anilines is 1. The topological polar surface area (TPSA) is 84.5 Å². The molecule has 0 aromatic heterocycles. The van der Waals surface area contributed by atoms with Crippen molar-refractivity contribution in [3.63, 3.8) is 0 Å². The lowest BCUT2D eigenvalue weighted by molar-refractivity contribution is 0.0857. The highest BCUT2D eigenvalue weighted by Crippen LogP contribution is 2.20. The van der Waals surface area contributed by atoms with Crippen molar-refractivity contribution in [1.82, 2.24) is 5.32 Å². The summed E-state index contributed by atoms with van der Waals surface area (Å²) in [5.41, 5.74) is 1.48. The van der Waals surface area contributed by atoms with Crippen molar-refractivity contribution >= 4 is 21.6 Å². The van der Waals surface area contributed by atoms with Gasteiger partial charge in [0.25, 0.3) is 5.91 Å². The lowest BCUT2D eigenvalue weighted by atomic mass is 10.1. The summed E-state index contributed by atoms with van der Waals surface area (Å²) in [7, 11) is -3.37. The summed E-state index contributed by atoms with van der Waals surface area (Å²) in [6.45, 7) is 2.93. The van der Waals surface area contributed by atoms with Crippen LogP contribution in [0.25, 0.3) is 0 Å². The summed E-state index contributed by atoms with van der Waals surface area (Å²) >= 11 is 0. The molecule has 1 aromatic rings. The predicted molar refractivity (Wildman–Crippen MR) is 81.0 cm³/mol. The molecule has 2 rings (SSSR count). The smallest absolute Gasteiger partial charge is 0.251 e. The third-order valence-corrected chi connectivity index (χ3v) is 3.98. The second-order valence-corrected chi connectivity index (χ2v) is 6.95. The summed E-state index contributed by atoms with van der Waals surface area (Å²) in [6.07, 6.45) is 3.13. The number of hydrogen-bond acceptors (Lipinski definition) is 4. The van der Waals surface area contributed by atoms with Gasteiger partial charge >= 0.3 is 0 Å². The molecule has 2 N–H and O–H groups in total. The van der Waals surface area contributed by atoms with Crippen molar-refractivity contribution in [3.05, 3.63) is 29.3 Å². The quantitative estimate of drug-likeness (QED) is 0.857. The first-order valence-corrected chi connectivity index (χ1v) is 8.73. The largest absolute Gasteiger partial charge is 0.376 e. The number of hydrogen-bond donors (Lipinski definition) is 2. The number of amides is 1. The minimum absolute atomic E-state index is 0.0755. The summed E-state index contributed by atoms with van der Waals surface area (Å²) < 4.78 is 30.5. The minimum Gasteiger partial charge on any atom is -0.376 e. The molecular weight excluding hydrogens is 292 g/mol. The standard InChI is InChI=1S/C14H20N2O4S/c1-10-12(6-3-7-13(10)16-21(2,18)19)14(17)15-9-11-5-4-8-20-11/h3,6-7,11,16H,4-5,8-9H2,1-2H3,(H,15,17)/t11-/m0/s1. The molecule has 1 heterocycles. The number of sulfonamides is 1. The maximum atomic E-state index is 12.2. The molecular formula is C14H20N2O4S. The van der Waals surface area contributed by atoms with Crippen LogP contribution in [0.15, 0.2) is 18.2 Å². The molecule has 0 bridgehead atoms. The van der Waals surface area contributed by atoms with Crippen molar-refractivity contribution in [2.75, 3.05) is 24.1 Å². The number of rotatable bonds is 5. The molecule has 0 unspecified atom stereocenters. The van der Waals surface area contributed by atoms with E-state index in [0.717, 1.165) is 25.7 Å². The highest BCUT2D eigenvalue weighted by Gasteiger charge is 2.18. The van der Waals surface area contributed by atoms with Gasteiger partial charge in [0, 0.05) is 18.7 Å². The molecule has 1 atom stereocenters. The van der Waals surface area contributed by atoms with E-state index in [9.17, 15) is 13.2 Å². The van der Waals surface area contributed by atoms with Crippen LogP contribution in [0, 0.1) is 6.92 Å². The Morgan fingerprint density at radius 1 is 1.43 bits per heavy atom. The van der Waals surface area contributed by atoms with Crippen LogP contribution < -0.4 is 10.0 Å². The van der Waals surface area contributed by atoms with E-state index in [1.54, 1.807) is 25.1 Å². The fourth-order valence-corrected chi connectivity index (χ4v) is 2.92. The molecule has 1 amide bonds. The van der Waals surface area contributed by atoms with Crippen LogP contribution >= 0.6 is 0 Å². The van der Waals surface area contributed by atoms with Crippen molar-refractivity contribution in [2.45, 2.75) is 25.9 Å². The molecule has 1 fully saturated rings. The molecule has 7 heteroatoms. The van der Waals surface area contributed by atoms with Crippen molar-refractivity contribution in [3.8, 4) is 0 Å². The Morgan fingerprint density at radius 3 is 2.81 bits per heavy atom. The van der Waals surface area contributed by atoms with Crippen LogP contribution in [0.2, 0.25) is 0 Å². The number of nitrogens with one attached hydrogen (secondary N) is 2. The van der Waals surface area contributed by atoms with Crippen LogP contribution in [0.1, 0.15) is 28.8 Å². The second-order valence-electron chi connectivity index (χ2n) is 5.20. The first-order valence-electron chi connectivity index (χ1n) is 6.84. The maximum Gasteiger partial charge on any atom is 0.251 e. The van der Waals surface area contributed by atoms with Gasteiger partial charge < -0.3 is 10.1 Å². The van der Waals surface area contributed by atoms with Crippen LogP contribution in [-0.4, -0.2) is 39.8 Å². The van der Waals surface area contributed by atoms with E-state index in [2.05, 4.69) is 10.0 Å². The Kier molecular flexibility index (Phi) is 4.84. The first-order chi connectivity index (χ1) is 9.87. The monoisotopic (exact) mass is 312 g/mol. The summed E-state index contributed by atoms with van der Waals surface area (Å²) in [5.74, 6) is -0.222. The molecule has 116 valence electrons. The van der Waals surface area contributed by atoms with Gasteiger partial charge in [-0.25, -0.2) is 8.42 Å². The van der Waals surface area contributed by atoms with E-state index in [1.165, 1.54) is 0 Å². The summed E-state index contributed by atoms with van der Waals surface area (Å²) in [5, 5.41) is 2.83. The average molecular weight is 312 g/mol. The Morgan fingerprint density at radius 2 is 2.19 bits per heavy atom. The van der Waals surface area contributed by atoms with Gasteiger partial charge in [-0.3, -0.25) is 9.52 Å². The van der Waals surface area contributed by atoms with E-state index in [4.69, 9.17) is 4.74 Å². The second kappa shape index (κ2) is 6.44. The number of benzene rings is 1. The normalized spacial score (nSPS) is 18.5. The minimum atomic E-state index is -3.37. The van der Waals surface area contributed by atoms with Crippen LogP contribution in [-0.2, 0) is 14.8 Å². The SMILES string of the molecule is Cc1c(NS(C)(=O)=O)cccc1C(=O)NC[C@@H]1CCCO1. The fraction of sp³-hybridized carbons (Fsp3) is 0.500. The Bertz CT molecular complexity index is 622. The lowest BCUT2D eigenvalue weighted by Crippen LogP contribution is -2.32. The van der Waals surface area contributed by atoms with Crippen LogP contribution in [0.5, 0.6) is 0 Å². The van der Waals surface area contributed by atoms with Crippen molar-refractivity contribution in [1.29, 1.82) is 0 Å². The van der Waals surface area contributed by atoms with Crippen molar-refractivity contribution in [2.24, 2.45) is 0 Å². The number of carbonyl (C=O) groups excluding carboxylic acids is 1. The molecule has 1 aliphatic rings. The molecule has 0 spiro atoms. The van der Waals surface area contributed by atoms with Gasteiger partial charge in [0.05, 0.1) is 18.0 Å². The molecule has 6 nitrogen and oxygen atoms in total. The summed E-state index contributed by atoms with van der Waals surface area (Å²) in [6, 6.07) is 4.96. The van der Waals surface area contributed by atoms with E-state index >= 15 is 0 Å². The zero-order valence-electron chi connectivity index (χ0n) is 12.2. The number of carbonyl (C=O) groups is 1. The van der Waals surface area contributed by atoms with E-state index in [0.29, 0.717) is 23.4 Å². The van der Waals surface area contributed by atoms with Gasteiger partial charge in [-0.2, -0.15) is 0 Å². The predicted octanol–water partition coefficient (Wildman–Crippen LogP) is 1.28. The molecule has 1 aromatic carbocycles. The molecule has 0 saturated carbocycles. The maximum absolute atomic E-state index is 12.2. The molecule has 0 aliphatic carbocycles. The van der Waals surface area contributed by atoms with Gasteiger partial charge in [0.2, 0.25) is 10.0 Å². The Balaban J connectivity index is 2.08. The first kappa shape index (κ1) is 15.8. The third kappa shape index (κ3) is 4.44. The van der Waals surface area contributed by atoms with Crippen LogP contribution in [0.4, 0.5) is 5.69 Å². The lowest BCUT2D eigenvalue weighted by Gasteiger charge is -2.14. The third-order valence-electron chi connectivity index (χ3n) is 3.39. The highest BCUT2D eigenvalue weighted by atomic mass is 32.2. The zero-order valence-corrected chi connectivity index (χ0v) is 13.0. The van der Waals surface area contributed by atoms with E-state index < -0.39 is 10.0 Å². The number of ether oxygens (including phenoxy) is 1. The van der Waals surface area contributed by atoms with Crippen LogP contribution in [0.3, 0.4) is 0 Å². The highest BCUT2D eigenvalue weighted by molar-refractivity contribution is 7.92.